The topological polar surface area (TPSA) is 190 Å². The normalized spacial score (nSPS) is 26.5. The highest BCUT2D eigenvalue weighted by Gasteiger charge is 2.43. The highest BCUT2D eigenvalue weighted by atomic mass is 16.7. The van der Waals surface area contributed by atoms with Crippen LogP contribution in [0.3, 0.4) is 0 Å². The second kappa shape index (κ2) is 11.4. The lowest BCUT2D eigenvalue weighted by Crippen LogP contribution is -2.59. The molecule has 0 amide bonds. The van der Waals surface area contributed by atoms with E-state index in [-0.39, 0.29) is 30.3 Å². The van der Waals surface area contributed by atoms with Crippen molar-refractivity contribution in [1.82, 2.24) is 0 Å². The molecule has 1 aliphatic rings. The van der Waals surface area contributed by atoms with Crippen LogP contribution >= 0.6 is 0 Å². The third-order valence-corrected chi connectivity index (χ3v) is 4.36. The number of ether oxygens (including phenoxy) is 3. The van der Waals surface area contributed by atoms with Gasteiger partial charge in [-0.1, -0.05) is 6.07 Å². The van der Waals surface area contributed by atoms with E-state index in [2.05, 4.69) is 0 Å². The van der Waals surface area contributed by atoms with Gasteiger partial charge in [-0.15, -0.1) is 0 Å². The van der Waals surface area contributed by atoms with Crippen molar-refractivity contribution in [2.75, 3.05) is 19.8 Å². The third kappa shape index (κ3) is 6.76. The highest BCUT2D eigenvalue weighted by molar-refractivity contribution is 5.87. The van der Waals surface area contributed by atoms with E-state index in [4.69, 9.17) is 24.6 Å². The molecule has 1 aromatic rings. The summed E-state index contributed by atoms with van der Waals surface area (Å²) in [6.07, 6.45) is -3.44. The summed E-state index contributed by atoms with van der Waals surface area (Å²) in [6, 6.07) is 5.79. The maximum absolute atomic E-state index is 11.8. The maximum atomic E-state index is 11.8. The summed E-state index contributed by atoms with van der Waals surface area (Å²) < 4.78 is 15.3. The van der Waals surface area contributed by atoms with Gasteiger partial charge in [-0.3, -0.25) is 0 Å². The number of aliphatic hydroxyl groups excluding tert-OH is 4. The van der Waals surface area contributed by atoms with Crippen molar-refractivity contribution in [3.63, 3.8) is 0 Å². The van der Waals surface area contributed by atoms with Crippen molar-refractivity contribution >= 4 is 12.0 Å². The molecule has 6 N–H and O–H groups in total. The zero-order chi connectivity index (χ0) is 23.0. The molecule has 1 heterocycles. The number of nitriles is 1. The fraction of sp³-hybridized carbons (Fsp3) is 0.400. The Bertz CT molecular complexity index is 860. The summed E-state index contributed by atoms with van der Waals surface area (Å²) in [5.41, 5.74) is 0.477. The van der Waals surface area contributed by atoms with Crippen molar-refractivity contribution in [1.29, 1.82) is 5.26 Å². The molecule has 11 nitrogen and oxygen atoms in total. The summed E-state index contributed by atoms with van der Waals surface area (Å²) in [5, 5.41) is 66.2. The molecule has 0 aliphatic carbocycles. The zero-order valence-electron chi connectivity index (χ0n) is 16.2. The minimum Gasteiger partial charge on any atom is -0.504 e. The first-order chi connectivity index (χ1) is 14.8. The molecule has 0 bridgehead atoms. The van der Waals surface area contributed by atoms with E-state index in [0.717, 1.165) is 6.08 Å². The van der Waals surface area contributed by atoms with Crippen molar-refractivity contribution in [2.45, 2.75) is 30.7 Å². The number of phenolic OH excluding ortho intramolecular Hbond substituents is 2. The van der Waals surface area contributed by atoms with Crippen molar-refractivity contribution in [3.05, 3.63) is 41.5 Å². The average molecular weight is 437 g/mol. The molecule has 0 aromatic heterocycles. The Balaban J connectivity index is 1.84. The maximum Gasteiger partial charge on any atom is 0.331 e. The van der Waals surface area contributed by atoms with Gasteiger partial charge in [0.2, 0.25) is 0 Å². The van der Waals surface area contributed by atoms with Gasteiger partial charge < -0.3 is 44.8 Å². The zero-order valence-corrected chi connectivity index (χ0v) is 16.2. The largest absolute Gasteiger partial charge is 0.504 e. The van der Waals surface area contributed by atoms with Crippen LogP contribution in [0.5, 0.6) is 11.5 Å². The van der Waals surface area contributed by atoms with Crippen LogP contribution < -0.4 is 0 Å². The Labute approximate surface area is 177 Å². The number of benzene rings is 1. The van der Waals surface area contributed by atoms with Gasteiger partial charge in [0.15, 0.2) is 17.8 Å². The minimum absolute atomic E-state index is 0.0358. The Hall–Kier alpha value is -2.98. The lowest BCUT2D eigenvalue weighted by atomic mass is 9.99. The van der Waals surface area contributed by atoms with E-state index in [1.54, 1.807) is 0 Å². The van der Waals surface area contributed by atoms with Gasteiger partial charge >= 0.3 is 5.97 Å². The number of nitrogens with zero attached hydrogens (tertiary/aromatic N) is 1. The monoisotopic (exact) mass is 437 g/mol. The molecule has 168 valence electrons. The number of aliphatic hydroxyl groups is 4. The van der Waals surface area contributed by atoms with Crippen LogP contribution in [0.25, 0.3) is 6.08 Å². The molecular weight excluding hydrogens is 414 g/mol. The first kappa shape index (κ1) is 24.3. The summed E-state index contributed by atoms with van der Waals surface area (Å²) in [7, 11) is 0. The first-order valence-corrected chi connectivity index (χ1v) is 9.15. The quantitative estimate of drug-likeness (QED) is 0.126. The molecule has 1 aromatic carbocycles. The number of aromatic hydroxyl groups is 2. The van der Waals surface area contributed by atoms with Crippen LogP contribution in [0.1, 0.15) is 5.56 Å². The molecule has 11 heteroatoms. The van der Waals surface area contributed by atoms with Gasteiger partial charge in [0, 0.05) is 6.08 Å². The van der Waals surface area contributed by atoms with Crippen LogP contribution in [0.2, 0.25) is 0 Å². The van der Waals surface area contributed by atoms with E-state index in [0.29, 0.717) is 5.56 Å². The lowest BCUT2D eigenvalue weighted by Gasteiger charge is -2.39. The Morgan fingerprint density at radius 2 is 1.90 bits per heavy atom. The number of phenols is 2. The Morgan fingerprint density at radius 3 is 2.55 bits per heavy atom. The molecule has 0 unspecified atom stereocenters. The van der Waals surface area contributed by atoms with Gasteiger partial charge in [-0.25, -0.2) is 4.79 Å². The first-order valence-electron chi connectivity index (χ1n) is 9.15. The number of carbonyl (C=O) groups is 1. The van der Waals surface area contributed by atoms with Crippen molar-refractivity contribution in [3.8, 4) is 17.6 Å². The van der Waals surface area contributed by atoms with Crippen molar-refractivity contribution < 1.29 is 49.6 Å². The standard InChI is InChI=1S/C20H23NO10/c21-8-12(5-6-29-20-19(28)18(27)17(26)15(9-22)31-20)10-30-16(25)4-2-11-1-3-13(23)14(24)7-11/h1-5,7,15,17-20,22-24,26-28H,6,9-10H2/t15-,17-,18+,19-,20-/m1/s1. The fourth-order valence-electron chi connectivity index (χ4n) is 2.59. The molecule has 31 heavy (non-hydrogen) atoms. The summed E-state index contributed by atoms with van der Waals surface area (Å²) in [4.78, 5) is 11.8. The number of hydrogen-bond acceptors (Lipinski definition) is 11. The van der Waals surface area contributed by atoms with Gasteiger partial charge in [0.25, 0.3) is 0 Å². The van der Waals surface area contributed by atoms with Crippen LogP contribution in [-0.2, 0) is 19.0 Å². The van der Waals surface area contributed by atoms with E-state index < -0.39 is 43.3 Å². The van der Waals surface area contributed by atoms with E-state index in [1.165, 1.54) is 30.4 Å². The average Bonchev–Trinajstić information content (AvgIpc) is 2.76. The van der Waals surface area contributed by atoms with Gasteiger partial charge in [-0.2, -0.15) is 5.26 Å². The van der Waals surface area contributed by atoms with Gasteiger partial charge in [-0.05, 0) is 29.8 Å². The molecule has 5 atom stereocenters. The molecule has 1 saturated heterocycles. The number of hydrogen-bond donors (Lipinski definition) is 6. The number of rotatable bonds is 8. The second-order valence-electron chi connectivity index (χ2n) is 6.56. The molecule has 0 radical (unpaired) electrons. The molecule has 1 aliphatic heterocycles. The van der Waals surface area contributed by atoms with Crippen LogP contribution in [0, 0.1) is 11.3 Å². The van der Waals surface area contributed by atoms with Crippen LogP contribution in [0.4, 0.5) is 0 Å². The predicted octanol–water partition coefficient (Wildman–Crippen LogP) is -1.08. The van der Waals surface area contributed by atoms with Crippen LogP contribution in [-0.4, -0.2) is 87.1 Å². The summed E-state index contributed by atoms with van der Waals surface area (Å²) >= 11 is 0. The molecule has 0 saturated carbocycles. The van der Waals surface area contributed by atoms with E-state index >= 15 is 0 Å². The van der Waals surface area contributed by atoms with E-state index in [1.807, 2.05) is 6.07 Å². The van der Waals surface area contributed by atoms with Gasteiger partial charge in [0.05, 0.1) is 24.9 Å². The number of carbonyl (C=O) groups excluding carboxylic acids is 1. The van der Waals surface area contributed by atoms with Gasteiger partial charge in [0.1, 0.15) is 31.0 Å². The van der Waals surface area contributed by atoms with E-state index in [9.17, 15) is 30.3 Å². The molecule has 1 fully saturated rings. The highest BCUT2D eigenvalue weighted by Crippen LogP contribution is 2.25. The fourth-order valence-corrected chi connectivity index (χ4v) is 2.59. The minimum atomic E-state index is -1.58. The summed E-state index contributed by atoms with van der Waals surface area (Å²) in [5.74, 6) is -1.40. The molecule has 2 rings (SSSR count). The van der Waals surface area contributed by atoms with Crippen molar-refractivity contribution in [2.24, 2.45) is 0 Å². The third-order valence-electron chi connectivity index (χ3n) is 4.36. The number of esters is 1. The van der Waals surface area contributed by atoms with Crippen LogP contribution in [0.15, 0.2) is 35.9 Å². The lowest BCUT2D eigenvalue weighted by molar-refractivity contribution is -0.298. The SMILES string of the molecule is N#CC(=CCO[C@@H]1O[C@H](CO)[C@@H](O)[C@H](O)[C@H]1O)COC(=O)C=Cc1ccc(O)c(O)c1. The Kier molecular flexibility index (Phi) is 8.95. The summed E-state index contributed by atoms with van der Waals surface area (Å²) in [6.45, 7) is -1.21. The second-order valence-corrected chi connectivity index (χ2v) is 6.56. The molecule has 0 spiro atoms. The predicted molar refractivity (Wildman–Crippen MR) is 103 cm³/mol. The molecular formula is C20H23NO10. The smallest absolute Gasteiger partial charge is 0.331 e. The Morgan fingerprint density at radius 1 is 1.16 bits per heavy atom.